The van der Waals surface area contributed by atoms with Crippen molar-refractivity contribution in [3.05, 3.63) is 30.2 Å². The molecule has 0 aliphatic carbocycles. The van der Waals surface area contributed by atoms with E-state index in [1.165, 1.54) is 0 Å². The van der Waals surface area contributed by atoms with Crippen LogP contribution in [0.1, 0.15) is 25.6 Å². The minimum Gasteiger partial charge on any atom is -0.382 e. The normalized spacial score (nSPS) is 11.8. The predicted molar refractivity (Wildman–Crippen MR) is 86.9 cm³/mol. The number of aliphatic imine (C=N–C) groups is 1. The number of nitrogens with one attached hydrogen (secondary N) is 2. The van der Waals surface area contributed by atoms with Crippen LogP contribution >= 0.6 is 0 Å². The maximum absolute atomic E-state index is 5.31. The molecular weight excluding hydrogens is 280 g/mol. The number of fused-ring (bicyclic) bond motifs is 1. The Kier molecular flexibility index (Phi) is 6.63. The molecule has 2 aromatic heterocycles. The molecule has 22 heavy (non-hydrogen) atoms. The second-order valence-electron chi connectivity index (χ2n) is 4.80. The van der Waals surface area contributed by atoms with E-state index in [1.807, 2.05) is 35.7 Å². The third kappa shape index (κ3) is 4.70. The van der Waals surface area contributed by atoms with E-state index in [2.05, 4.69) is 25.8 Å². The van der Waals surface area contributed by atoms with Crippen LogP contribution in [0.4, 0.5) is 0 Å². The number of rotatable bonds is 8. The lowest BCUT2D eigenvalue weighted by molar-refractivity contribution is 0.143. The van der Waals surface area contributed by atoms with E-state index in [1.54, 1.807) is 7.05 Å². The minimum absolute atomic E-state index is 0.573. The van der Waals surface area contributed by atoms with Crippen LogP contribution < -0.4 is 10.6 Å². The molecule has 0 radical (unpaired) electrons. The number of aromatic nitrogens is 3. The molecule has 2 heterocycles. The van der Waals surface area contributed by atoms with E-state index < -0.39 is 0 Å². The minimum atomic E-state index is 0.573. The zero-order chi connectivity index (χ0) is 15.6. The van der Waals surface area contributed by atoms with Gasteiger partial charge in [-0.25, -0.2) is 0 Å². The molecule has 0 saturated carbocycles. The summed E-state index contributed by atoms with van der Waals surface area (Å²) in [6, 6.07) is 5.84. The summed E-state index contributed by atoms with van der Waals surface area (Å²) >= 11 is 0. The lowest BCUT2D eigenvalue weighted by Crippen LogP contribution is -2.37. The molecule has 0 unspecified atom stereocenters. The summed E-state index contributed by atoms with van der Waals surface area (Å²) < 4.78 is 7.27. The van der Waals surface area contributed by atoms with Crippen molar-refractivity contribution in [1.29, 1.82) is 0 Å². The molecule has 0 atom stereocenters. The van der Waals surface area contributed by atoms with Crippen molar-refractivity contribution in [2.45, 2.75) is 26.3 Å². The van der Waals surface area contributed by atoms with Crippen LogP contribution in [-0.2, 0) is 11.3 Å². The molecule has 0 aliphatic rings. The van der Waals surface area contributed by atoms with Gasteiger partial charge in [-0.05, 0) is 31.9 Å². The quantitative estimate of drug-likeness (QED) is 0.435. The molecule has 2 N–H and O–H groups in total. The number of guanidine groups is 1. The highest BCUT2D eigenvalue weighted by atomic mass is 16.5. The Labute approximate surface area is 130 Å². The molecule has 120 valence electrons. The van der Waals surface area contributed by atoms with E-state index in [9.17, 15) is 0 Å². The number of nitrogens with zero attached hydrogens (tertiary/aromatic N) is 4. The van der Waals surface area contributed by atoms with Gasteiger partial charge in [-0.2, -0.15) is 0 Å². The van der Waals surface area contributed by atoms with Crippen LogP contribution in [0.3, 0.4) is 0 Å². The zero-order valence-electron chi connectivity index (χ0n) is 13.2. The topological polar surface area (TPSA) is 75.8 Å². The fraction of sp³-hybridized carbons (Fsp3) is 0.533. The number of unbranched alkanes of at least 4 members (excludes halogenated alkanes) is 1. The first-order chi connectivity index (χ1) is 10.8. The summed E-state index contributed by atoms with van der Waals surface area (Å²) in [6.07, 6.45) is 4.05. The number of pyridine rings is 1. The zero-order valence-corrected chi connectivity index (χ0v) is 13.2. The summed E-state index contributed by atoms with van der Waals surface area (Å²) in [6.45, 7) is 5.05. The van der Waals surface area contributed by atoms with Crippen molar-refractivity contribution in [3.8, 4) is 0 Å². The third-order valence-corrected chi connectivity index (χ3v) is 3.23. The summed E-state index contributed by atoms with van der Waals surface area (Å²) in [5.74, 6) is 1.62. The average Bonchev–Trinajstić information content (AvgIpc) is 2.97. The molecule has 0 amide bonds. The van der Waals surface area contributed by atoms with Gasteiger partial charge in [0.1, 0.15) is 0 Å². The van der Waals surface area contributed by atoms with E-state index >= 15 is 0 Å². The monoisotopic (exact) mass is 304 g/mol. The van der Waals surface area contributed by atoms with E-state index in [4.69, 9.17) is 4.74 Å². The molecular formula is C15H24N6O. The first-order valence-electron chi connectivity index (χ1n) is 7.66. The highest BCUT2D eigenvalue weighted by molar-refractivity contribution is 5.79. The molecule has 0 aliphatic heterocycles. The van der Waals surface area contributed by atoms with Crippen molar-refractivity contribution in [2.24, 2.45) is 4.99 Å². The fourth-order valence-corrected chi connectivity index (χ4v) is 2.08. The summed E-state index contributed by atoms with van der Waals surface area (Å²) in [5.41, 5.74) is 0.846. The molecule has 2 rings (SSSR count). The third-order valence-electron chi connectivity index (χ3n) is 3.23. The average molecular weight is 304 g/mol. The van der Waals surface area contributed by atoms with Crippen molar-refractivity contribution in [1.82, 2.24) is 25.2 Å². The van der Waals surface area contributed by atoms with Crippen LogP contribution in [0.5, 0.6) is 0 Å². The second kappa shape index (κ2) is 8.99. The molecule has 0 bridgehead atoms. The molecule has 0 fully saturated rings. The Morgan fingerprint density at radius 2 is 2.18 bits per heavy atom. The Balaban J connectivity index is 1.74. The first kappa shape index (κ1) is 16.2. The maximum atomic E-state index is 5.31. The standard InChI is InChI=1S/C15H24N6O/c1-3-22-11-7-5-9-17-15(16-2)18-12-14-20-19-13-8-4-6-10-21(13)14/h4,6,8,10H,3,5,7,9,11-12H2,1-2H3,(H2,16,17,18). The summed E-state index contributed by atoms with van der Waals surface area (Å²) in [7, 11) is 1.76. The van der Waals surface area contributed by atoms with Gasteiger partial charge in [0.25, 0.3) is 0 Å². The highest BCUT2D eigenvalue weighted by Gasteiger charge is 2.05. The molecule has 0 aromatic carbocycles. The van der Waals surface area contributed by atoms with Gasteiger partial charge in [0.15, 0.2) is 17.4 Å². The van der Waals surface area contributed by atoms with Gasteiger partial charge in [-0.15, -0.1) is 10.2 Å². The lowest BCUT2D eigenvalue weighted by atomic mass is 10.3. The van der Waals surface area contributed by atoms with Gasteiger partial charge >= 0.3 is 0 Å². The second-order valence-corrected chi connectivity index (χ2v) is 4.80. The maximum Gasteiger partial charge on any atom is 0.191 e. The van der Waals surface area contributed by atoms with E-state index in [0.29, 0.717) is 6.54 Å². The largest absolute Gasteiger partial charge is 0.382 e. The van der Waals surface area contributed by atoms with Crippen LogP contribution in [-0.4, -0.2) is 47.4 Å². The Bertz CT molecular complexity index is 594. The Morgan fingerprint density at radius 1 is 1.27 bits per heavy atom. The number of ether oxygens (including phenoxy) is 1. The van der Waals surface area contributed by atoms with Gasteiger partial charge < -0.3 is 15.4 Å². The molecule has 0 spiro atoms. The molecule has 7 nitrogen and oxygen atoms in total. The van der Waals surface area contributed by atoms with Crippen LogP contribution in [0.2, 0.25) is 0 Å². The van der Waals surface area contributed by atoms with Crippen LogP contribution in [0.15, 0.2) is 29.4 Å². The van der Waals surface area contributed by atoms with Gasteiger partial charge in [-0.1, -0.05) is 6.07 Å². The SMILES string of the molecule is CCOCCCCNC(=NC)NCc1nnc2ccccn12. The van der Waals surface area contributed by atoms with Gasteiger partial charge in [0.05, 0.1) is 6.54 Å². The van der Waals surface area contributed by atoms with E-state index in [0.717, 1.165) is 50.0 Å². The van der Waals surface area contributed by atoms with Gasteiger partial charge in [0.2, 0.25) is 0 Å². The van der Waals surface area contributed by atoms with E-state index in [-0.39, 0.29) is 0 Å². The molecule has 0 saturated heterocycles. The Hall–Kier alpha value is -2.15. The highest BCUT2D eigenvalue weighted by Crippen LogP contribution is 2.02. The first-order valence-corrected chi connectivity index (χ1v) is 7.66. The molecule has 7 heteroatoms. The Morgan fingerprint density at radius 3 is 3.00 bits per heavy atom. The van der Waals surface area contributed by atoms with Crippen molar-refractivity contribution in [2.75, 3.05) is 26.8 Å². The fourth-order valence-electron chi connectivity index (χ4n) is 2.08. The van der Waals surface area contributed by atoms with Crippen LogP contribution in [0.25, 0.3) is 5.65 Å². The van der Waals surface area contributed by atoms with Crippen molar-refractivity contribution < 1.29 is 4.74 Å². The predicted octanol–water partition coefficient (Wildman–Crippen LogP) is 1.21. The van der Waals surface area contributed by atoms with Crippen LogP contribution in [0, 0.1) is 0 Å². The van der Waals surface area contributed by atoms with Gasteiger partial charge in [0, 0.05) is 33.0 Å². The summed E-state index contributed by atoms with van der Waals surface area (Å²) in [5, 5.41) is 14.8. The lowest BCUT2D eigenvalue weighted by Gasteiger charge is -2.11. The number of hydrogen-bond donors (Lipinski definition) is 2. The number of hydrogen-bond acceptors (Lipinski definition) is 4. The van der Waals surface area contributed by atoms with Crippen molar-refractivity contribution >= 4 is 11.6 Å². The van der Waals surface area contributed by atoms with Crippen molar-refractivity contribution in [3.63, 3.8) is 0 Å². The van der Waals surface area contributed by atoms with Gasteiger partial charge in [-0.3, -0.25) is 9.39 Å². The summed E-state index contributed by atoms with van der Waals surface area (Å²) in [4.78, 5) is 4.21. The smallest absolute Gasteiger partial charge is 0.191 e. The molecule has 2 aromatic rings.